The first-order valence-electron chi connectivity index (χ1n) is 1.72. The minimum atomic E-state index is 0. The van der Waals surface area contributed by atoms with Crippen LogP contribution in [0.5, 0.6) is 0 Å². The summed E-state index contributed by atoms with van der Waals surface area (Å²) < 4.78 is 0. The van der Waals surface area contributed by atoms with Gasteiger partial charge in [-0.1, -0.05) is 0 Å². The van der Waals surface area contributed by atoms with Gasteiger partial charge >= 0.3 is 21.7 Å². The van der Waals surface area contributed by atoms with Crippen LogP contribution in [-0.4, -0.2) is 0 Å². The number of hydrogen-bond acceptors (Lipinski definition) is 0. The molecule has 0 spiro atoms. The fourth-order valence-corrected chi connectivity index (χ4v) is 0.340. The van der Waals surface area contributed by atoms with E-state index in [1.54, 1.807) is 0 Å². The monoisotopic (exact) mass is 365 g/mol. The summed E-state index contributed by atoms with van der Waals surface area (Å²) in [5.74, 6) is 0. The zero-order chi connectivity index (χ0) is 3.54. The minimum absolute atomic E-state index is 0. The molecule has 0 unspecified atom stereocenters. The van der Waals surface area contributed by atoms with Crippen LogP contribution >= 0.6 is 0 Å². The minimum Gasteiger partial charge on any atom is -1.00 e. The summed E-state index contributed by atoms with van der Waals surface area (Å²) >= 11 is 0. The third kappa shape index (κ3) is 16.3. The summed E-state index contributed by atoms with van der Waals surface area (Å²) in [6.07, 6.45) is 10.0. The molecule has 10 heavy (non-hydrogen) atoms. The Kier molecular flexibility index (Phi) is 67.0. The Morgan fingerprint density at radius 2 is 1.60 bits per heavy atom. The van der Waals surface area contributed by atoms with Gasteiger partial charge in [-0.25, -0.2) is 12.2 Å². The molecule has 4 heteroatoms. The van der Waals surface area contributed by atoms with Gasteiger partial charge in [-0.15, -0.1) is 6.42 Å². The SMILES string of the molecule is [Br-].[Br-].[Br-].[C-]1=CC=CC1.[CH3-].[Ti+3]. The molecular formula is C6H8Br3Ti-2. The fourth-order valence-electron chi connectivity index (χ4n) is 0.340. The largest absolute Gasteiger partial charge is 3.00 e. The molecule has 0 nitrogen and oxygen atoms in total. The number of halogens is 3. The van der Waals surface area contributed by atoms with Gasteiger partial charge in [-0.3, -0.25) is 6.08 Å². The Bertz CT molecular complexity index is 71.1. The van der Waals surface area contributed by atoms with E-state index in [1.165, 1.54) is 0 Å². The van der Waals surface area contributed by atoms with Crippen molar-refractivity contribution in [2.45, 2.75) is 6.42 Å². The van der Waals surface area contributed by atoms with Gasteiger partial charge in [0.15, 0.2) is 0 Å². The van der Waals surface area contributed by atoms with Crippen molar-refractivity contribution in [1.82, 2.24) is 0 Å². The molecule has 1 aliphatic rings. The van der Waals surface area contributed by atoms with Gasteiger partial charge < -0.3 is 58.4 Å². The molecule has 0 N–H and O–H groups in total. The Balaban J connectivity index is -0.0000000167. The summed E-state index contributed by atoms with van der Waals surface area (Å²) in [7, 11) is 0. The molecule has 0 fully saturated rings. The normalized spacial score (nSPS) is 8.80. The van der Waals surface area contributed by atoms with Crippen LogP contribution in [-0.2, 0) is 21.7 Å². The maximum absolute atomic E-state index is 2.99. The van der Waals surface area contributed by atoms with Crippen LogP contribution in [0.1, 0.15) is 6.42 Å². The van der Waals surface area contributed by atoms with Crippen LogP contribution in [0.2, 0.25) is 0 Å². The molecule has 0 aliphatic heterocycles. The van der Waals surface area contributed by atoms with Crippen molar-refractivity contribution < 1.29 is 72.7 Å². The molecule has 1 rings (SSSR count). The van der Waals surface area contributed by atoms with E-state index < -0.39 is 0 Å². The molecular weight excluding hydrogens is 360 g/mol. The Hall–Kier alpha value is 1.63. The quantitative estimate of drug-likeness (QED) is 0.295. The molecule has 0 heterocycles. The van der Waals surface area contributed by atoms with Crippen LogP contribution in [0.4, 0.5) is 0 Å². The van der Waals surface area contributed by atoms with Crippen molar-refractivity contribution in [2.24, 2.45) is 0 Å². The standard InChI is InChI=1S/C5H5.CH3.3BrH.Ti/c1-2-4-5-3-1;;;;;/h1-3H,4H2;1H3;3*1H;/q2*-1;;;;+3/p-3. The van der Waals surface area contributed by atoms with Gasteiger partial charge in [-0.2, -0.15) is 6.08 Å². The van der Waals surface area contributed by atoms with Crippen molar-refractivity contribution in [3.05, 3.63) is 31.7 Å². The summed E-state index contributed by atoms with van der Waals surface area (Å²) in [4.78, 5) is 0. The Labute approximate surface area is 110 Å². The van der Waals surface area contributed by atoms with E-state index in [0.29, 0.717) is 0 Å². The van der Waals surface area contributed by atoms with E-state index in [1.807, 2.05) is 12.2 Å². The topological polar surface area (TPSA) is 0 Å². The maximum Gasteiger partial charge on any atom is 3.00 e. The maximum atomic E-state index is 2.99. The molecule has 0 atom stereocenters. The van der Waals surface area contributed by atoms with Crippen molar-refractivity contribution >= 4 is 0 Å². The zero-order valence-electron chi connectivity index (χ0n) is 5.57. The summed E-state index contributed by atoms with van der Waals surface area (Å²) in [6, 6.07) is 0. The van der Waals surface area contributed by atoms with Gasteiger partial charge in [-0.05, 0) is 0 Å². The second kappa shape index (κ2) is 22.4. The second-order valence-electron chi connectivity index (χ2n) is 1.00. The molecule has 1 radical (unpaired) electrons. The predicted molar refractivity (Wildman–Crippen MR) is 28.0 cm³/mol. The van der Waals surface area contributed by atoms with E-state index in [-0.39, 0.29) is 80.1 Å². The number of hydrogen-bond donors (Lipinski definition) is 0. The van der Waals surface area contributed by atoms with E-state index in [2.05, 4.69) is 12.2 Å². The third-order valence-electron chi connectivity index (χ3n) is 0.586. The van der Waals surface area contributed by atoms with Gasteiger partial charge in [0.2, 0.25) is 0 Å². The van der Waals surface area contributed by atoms with Crippen LogP contribution in [0, 0.1) is 13.5 Å². The third-order valence-corrected chi connectivity index (χ3v) is 0.586. The summed E-state index contributed by atoms with van der Waals surface area (Å²) in [6.45, 7) is 0. The van der Waals surface area contributed by atoms with Crippen LogP contribution < -0.4 is 50.9 Å². The number of allylic oxidation sites excluding steroid dienone is 4. The first kappa shape index (κ1) is 29.9. The van der Waals surface area contributed by atoms with E-state index in [9.17, 15) is 0 Å². The van der Waals surface area contributed by atoms with E-state index >= 15 is 0 Å². The fraction of sp³-hybridized carbons (Fsp3) is 0.167. The van der Waals surface area contributed by atoms with Gasteiger partial charge in [0, 0.05) is 0 Å². The van der Waals surface area contributed by atoms with Crippen molar-refractivity contribution in [3.8, 4) is 0 Å². The average molecular weight is 368 g/mol. The Morgan fingerprint density at radius 3 is 1.70 bits per heavy atom. The van der Waals surface area contributed by atoms with Gasteiger partial charge in [0.25, 0.3) is 0 Å². The van der Waals surface area contributed by atoms with Crippen LogP contribution in [0.15, 0.2) is 18.2 Å². The van der Waals surface area contributed by atoms with E-state index in [0.717, 1.165) is 6.42 Å². The second-order valence-corrected chi connectivity index (χ2v) is 1.00. The summed E-state index contributed by atoms with van der Waals surface area (Å²) in [5.41, 5.74) is 0. The molecule has 0 aromatic carbocycles. The predicted octanol–water partition coefficient (Wildman–Crippen LogP) is -7.23. The molecule has 1 aliphatic carbocycles. The summed E-state index contributed by atoms with van der Waals surface area (Å²) in [5, 5.41) is 0. The molecule has 0 saturated carbocycles. The Morgan fingerprint density at radius 1 is 1.10 bits per heavy atom. The average Bonchev–Trinajstić information content (AvgIpc) is 1.76. The van der Waals surface area contributed by atoms with Gasteiger partial charge in [0.1, 0.15) is 0 Å². The smallest absolute Gasteiger partial charge is 1.00 e. The van der Waals surface area contributed by atoms with Crippen molar-refractivity contribution in [3.63, 3.8) is 0 Å². The first-order valence-corrected chi connectivity index (χ1v) is 1.72. The molecule has 0 aromatic rings. The molecule has 59 valence electrons. The van der Waals surface area contributed by atoms with Crippen LogP contribution in [0.3, 0.4) is 0 Å². The molecule has 0 saturated heterocycles. The molecule has 0 bridgehead atoms. The van der Waals surface area contributed by atoms with E-state index in [4.69, 9.17) is 0 Å². The van der Waals surface area contributed by atoms with Crippen LogP contribution in [0.25, 0.3) is 0 Å². The van der Waals surface area contributed by atoms with Crippen molar-refractivity contribution in [1.29, 1.82) is 0 Å². The first-order chi connectivity index (χ1) is 2.50. The molecule has 0 amide bonds. The molecule has 0 aromatic heterocycles. The number of rotatable bonds is 0. The zero-order valence-corrected chi connectivity index (χ0v) is 11.9. The van der Waals surface area contributed by atoms with Crippen molar-refractivity contribution in [2.75, 3.05) is 0 Å². The van der Waals surface area contributed by atoms with Gasteiger partial charge in [0.05, 0.1) is 0 Å².